The Labute approximate surface area is 243 Å². The maximum Gasteiger partial charge on any atom is 0.416 e. The van der Waals surface area contributed by atoms with Gasteiger partial charge >= 0.3 is 12.1 Å². The van der Waals surface area contributed by atoms with Crippen LogP contribution in [0, 0.1) is 5.82 Å². The number of amides is 2. The van der Waals surface area contributed by atoms with Crippen molar-refractivity contribution >= 4 is 23.6 Å². The highest BCUT2D eigenvalue weighted by atomic mass is 19.4. The molecule has 1 N–H and O–H groups in total. The number of alkyl halides is 3. The monoisotopic (exact) mass is 594 g/mol. The third-order valence-electron chi connectivity index (χ3n) is 7.10. The number of nitrogens with one attached hydrogen (secondary N) is 1. The van der Waals surface area contributed by atoms with E-state index in [9.17, 15) is 31.9 Å². The Morgan fingerprint density at radius 1 is 1.00 bits per heavy atom. The molecular formula is C31H26F4N4O4. The third kappa shape index (κ3) is 5.85. The Kier molecular flexibility index (Phi) is 8.03. The molecule has 0 saturated carbocycles. The van der Waals surface area contributed by atoms with Gasteiger partial charge in [0.15, 0.2) is 0 Å². The fourth-order valence-corrected chi connectivity index (χ4v) is 5.19. The average molecular weight is 595 g/mol. The van der Waals surface area contributed by atoms with Crippen LogP contribution in [0.2, 0.25) is 0 Å². The minimum atomic E-state index is -4.68. The summed E-state index contributed by atoms with van der Waals surface area (Å²) in [6.45, 7) is 2.83. The molecule has 0 bridgehead atoms. The largest absolute Gasteiger partial charge is 0.459 e. The molecule has 0 aliphatic carbocycles. The fourth-order valence-electron chi connectivity index (χ4n) is 5.19. The van der Waals surface area contributed by atoms with Crippen LogP contribution in [0.25, 0.3) is 5.69 Å². The standard InChI is InChI=1S/C31H26F4N4O4/c1-3-38-29-26(24(17-43-18(2)40)37-39(29)23-10-5-4-6-11-23)25(19-12-14-22(32)15-13-19)27(30(38)42)36-28(41)20-8-7-9-21(16-20)31(33,34)35/h4-16,25,27H,3,17H2,1-2H3,(H,36,41)/t25-,27-/m0/s1. The molecule has 2 heterocycles. The second-order valence-electron chi connectivity index (χ2n) is 9.85. The zero-order chi connectivity index (χ0) is 30.9. The Balaban J connectivity index is 1.70. The third-order valence-corrected chi connectivity index (χ3v) is 7.10. The van der Waals surface area contributed by atoms with Gasteiger partial charge in [-0.15, -0.1) is 0 Å². The summed E-state index contributed by atoms with van der Waals surface area (Å²) in [6, 6.07) is 16.8. The van der Waals surface area contributed by atoms with Crippen LogP contribution in [0.15, 0.2) is 78.9 Å². The predicted molar refractivity (Wildman–Crippen MR) is 148 cm³/mol. The van der Waals surface area contributed by atoms with Gasteiger partial charge in [-0.3, -0.25) is 19.3 Å². The molecule has 12 heteroatoms. The number of carbonyl (C=O) groups excluding carboxylic acids is 3. The quantitative estimate of drug-likeness (QED) is 0.229. The fraction of sp³-hybridized carbons (Fsp3) is 0.226. The van der Waals surface area contributed by atoms with E-state index in [4.69, 9.17) is 9.84 Å². The molecular weight excluding hydrogens is 568 g/mol. The lowest BCUT2D eigenvalue weighted by molar-refractivity contribution is -0.142. The van der Waals surface area contributed by atoms with Gasteiger partial charge in [0.1, 0.15) is 30.0 Å². The maximum atomic E-state index is 14.2. The lowest BCUT2D eigenvalue weighted by Gasteiger charge is -2.38. The first-order valence-electron chi connectivity index (χ1n) is 13.3. The van der Waals surface area contributed by atoms with Gasteiger partial charge in [0, 0.05) is 30.5 Å². The van der Waals surface area contributed by atoms with Crippen LogP contribution in [0.5, 0.6) is 0 Å². The number of likely N-dealkylation sites (N-methyl/N-ethyl adjacent to an activating group) is 1. The summed E-state index contributed by atoms with van der Waals surface area (Å²) in [5.41, 5.74) is 0.436. The molecule has 0 saturated heterocycles. The normalized spacial score (nSPS) is 16.5. The molecule has 4 aromatic rings. The first-order valence-corrected chi connectivity index (χ1v) is 13.3. The molecule has 2 atom stereocenters. The number of esters is 1. The highest BCUT2D eigenvalue weighted by molar-refractivity contribution is 6.05. The van der Waals surface area contributed by atoms with Gasteiger partial charge in [-0.25, -0.2) is 9.07 Å². The Hall–Kier alpha value is -5.00. The van der Waals surface area contributed by atoms with Crippen LogP contribution in [0.3, 0.4) is 0 Å². The van der Waals surface area contributed by atoms with E-state index in [1.165, 1.54) is 46.8 Å². The molecule has 0 radical (unpaired) electrons. The molecule has 3 aromatic carbocycles. The molecule has 0 unspecified atom stereocenters. The summed E-state index contributed by atoms with van der Waals surface area (Å²) in [5, 5.41) is 7.34. The zero-order valence-corrected chi connectivity index (χ0v) is 23.1. The van der Waals surface area contributed by atoms with Gasteiger partial charge in [-0.1, -0.05) is 36.4 Å². The summed E-state index contributed by atoms with van der Waals surface area (Å²) in [6.07, 6.45) is -4.68. The minimum Gasteiger partial charge on any atom is -0.459 e. The van der Waals surface area contributed by atoms with E-state index in [0.717, 1.165) is 12.1 Å². The van der Waals surface area contributed by atoms with Gasteiger partial charge in [0.05, 0.1) is 11.3 Å². The van der Waals surface area contributed by atoms with Crippen LogP contribution < -0.4 is 10.2 Å². The smallest absolute Gasteiger partial charge is 0.416 e. The first kappa shape index (κ1) is 29.5. The van der Waals surface area contributed by atoms with E-state index >= 15 is 0 Å². The number of aromatic nitrogens is 2. The average Bonchev–Trinajstić information content (AvgIpc) is 3.36. The lowest BCUT2D eigenvalue weighted by atomic mass is 9.81. The van der Waals surface area contributed by atoms with Crippen LogP contribution in [-0.2, 0) is 27.1 Å². The van der Waals surface area contributed by atoms with Crippen molar-refractivity contribution in [3.63, 3.8) is 0 Å². The van der Waals surface area contributed by atoms with Gasteiger partial charge in [-0.2, -0.15) is 18.3 Å². The van der Waals surface area contributed by atoms with Crippen molar-refractivity contribution in [3.8, 4) is 5.69 Å². The Bertz CT molecular complexity index is 1670. The summed E-state index contributed by atoms with van der Waals surface area (Å²) in [7, 11) is 0. The SMILES string of the molecule is CCN1C(=O)[C@@H](NC(=O)c2cccc(C(F)(F)F)c2)[C@@H](c2ccc(F)cc2)c2c(COC(C)=O)nn(-c3ccccc3)c21. The van der Waals surface area contributed by atoms with E-state index < -0.39 is 47.3 Å². The van der Waals surface area contributed by atoms with Crippen LogP contribution >= 0.6 is 0 Å². The van der Waals surface area contributed by atoms with Crippen molar-refractivity contribution in [3.05, 3.63) is 113 Å². The highest BCUT2D eigenvalue weighted by Crippen LogP contribution is 2.44. The molecule has 0 fully saturated rings. The first-order chi connectivity index (χ1) is 20.5. The van der Waals surface area contributed by atoms with Gasteiger partial charge in [0.2, 0.25) is 0 Å². The Morgan fingerprint density at radius 3 is 2.33 bits per heavy atom. The van der Waals surface area contributed by atoms with Crippen LogP contribution in [-0.4, -0.2) is 40.2 Å². The van der Waals surface area contributed by atoms with E-state index in [-0.39, 0.29) is 24.4 Å². The Morgan fingerprint density at radius 2 is 1.70 bits per heavy atom. The van der Waals surface area contributed by atoms with Crippen LogP contribution in [0.4, 0.5) is 23.4 Å². The van der Waals surface area contributed by atoms with Crippen LogP contribution in [0.1, 0.15) is 52.5 Å². The summed E-state index contributed by atoms with van der Waals surface area (Å²) >= 11 is 0. The van der Waals surface area contributed by atoms with Crippen molar-refractivity contribution in [1.82, 2.24) is 15.1 Å². The topological polar surface area (TPSA) is 93.5 Å². The van der Waals surface area contributed by atoms with Crippen molar-refractivity contribution < 1.29 is 36.7 Å². The lowest BCUT2D eigenvalue weighted by Crippen LogP contribution is -2.55. The molecule has 2 amide bonds. The second kappa shape index (κ2) is 11.7. The molecule has 0 spiro atoms. The predicted octanol–water partition coefficient (Wildman–Crippen LogP) is 5.39. The highest BCUT2D eigenvalue weighted by Gasteiger charge is 2.46. The molecule has 8 nitrogen and oxygen atoms in total. The number of nitrogens with zero attached hydrogens (tertiary/aromatic N) is 3. The number of ether oxygens (including phenoxy) is 1. The number of rotatable bonds is 7. The van der Waals surface area contributed by atoms with Gasteiger partial charge in [-0.05, 0) is 55.0 Å². The van der Waals surface area contributed by atoms with E-state index in [1.54, 1.807) is 31.2 Å². The molecule has 1 aliphatic heterocycles. The van der Waals surface area contributed by atoms with Crippen molar-refractivity contribution in [2.45, 2.75) is 38.6 Å². The summed E-state index contributed by atoms with van der Waals surface area (Å²) in [4.78, 5) is 40.8. The zero-order valence-electron chi connectivity index (χ0n) is 23.1. The molecule has 1 aliphatic rings. The maximum absolute atomic E-state index is 14.2. The second-order valence-corrected chi connectivity index (χ2v) is 9.85. The molecule has 222 valence electrons. The van der Waals surface area contributed by atoms with Crippen molar-refractivity contribution in [2.75, 3.05) is 11.4 Å². The minimum absolute atomic E-state index is 0.142. The molecule has 43 heavy (non-hydrogen) atoms. The van der Waals surface area contributed by atoms with E-state index in [1.807, 2.05) is 6.07 Å². The van der Waals surface area contributed by atoms with Gasteiger partial charge in [0.25, 0.3) is 11.8 Å². The number of halogens is 4. The number of para-hydroxylation sites is 1. The van der Waals surface area contributed by atoms with E-state index in [2.05, 4.69) is 5.32 Å². The number of hydrogen-bond donors (Lipinski definition) is 1. The molecule has 1 aromatic heterocycles. The summed E-state index contributed by atoms with van der Waals surface area (Å²) < 4.78 is 61.0. The number of carbonyl (C=O) groups is 3. The van der Waals surface area contributed by atoms with E-state index in [0.29, 0.717) is 28.7 Å². The van der Waals surface area contributed by atoms with Crippen molar-refractivity contribution in [1.29, 1.82) is 0 Å². The number of anilines is 1. The summed E-state index contributed by atoms with van der Waals surface area (Å²) in [5.74, 6) is -3.18. The number of hydrogen-bond acceptors (Lipinski definition) is 5. The number of benzene rings is 3. The molecule has 5 rings (SSSR count). The van der Waals surface area contributed by atoms with Crippen molar-refractivity contribution in [2.24, 2.45) is 0 Å². The number of fused-ring (bicyclic) bond motifs is 1. The van der Waals surface area contributed by atoms with Gasteiger partial charge < -0.3 is 10.1 Å².